The van der Waals surface area contributed by atoms with Crippen LogP contribution in [-0.2, 0) is 6.54 Å². The third-order valence-electron chi connectivity index (χ3n) is 5.37. The van der Waals surface area contributed by atoms with Crippen LogP contribution in [0.3, 0.4) is 0 Å². The summed E-state index contributed by atoms with van der Waals surface area (Å²) in [6.45, 7) is 10.0. The Balaban J connectivity index is 1.77. The Bertz CT molecular complexity index is 820. The normalized spacial score (nSPS) is 18.0. The summed E-state index contributed by atoms with van der Waals surface area (Å²) in [6, 6.07) is 16.9. The van der Waals surface area contributed by atoms with Gasteiger partial charge in [-0.1, -0.05) is 44.2 Å². The molecule has 1 aliphatic rings. The minimum atomic E-state index is 0.00235. The molecule has 0 saturated carbocycles. The average Bonchev–Trinajstić information content (AvgIpc) is 2.82. The van der Waals surface area contributed by atoms with E-state index in [4.69, 9.17) is 4.74 Å². The Kier molecular flexibility index (Phi) is 6.17. The van der Waals surface area contributed by atoms with E-state index in [2.05, 4.69) is 67.0 Å². The molecule has 0 bridgehead atoms. The predicted molar refractivity (Wildman–Crippen MR) is 112 cm³/mol. The van der Waals surface area contributed by atoms with Crippen LogP contribution in [0, 0.1) is 0 Å². The molecule has 0 aliphatic carbocycles. The summed E-state index contributed by atoms with van der Waals surface area (Å²) in [7, 11) is 1.57. The third-order valence-corrected chi connectivity index (χ3v) is 5.37. The fourth-order valence-corrected chi connectivity index (χ4v) is 3.75. The molecular weight excluding hydrogens is 336 g/mol. The van der Waals surface area contributed by atoms with Crippen LogP contribution < -0.4 is 15.1 Å². The van der Waals surface area contributed by atoms with Crippen LogP contribution in [0.5, 0.6) is 5.75 Å². The van der Waals surface area contributed by atoms with Crippen molar-refractivity contribution in [2.45, 2.75) is 39.3 Å². The first kappa shape index (κ1) is 19.4. The number of anilines is 1. The molecule has 4 heteroatoms. The Morgan fingerprint density at radius 1 is 1.11 bits per heavy atom. The number of piperazine rings is 1. The summed E-state index contributed by atoms with van der Waals surface area (Å²) in [5, 5.41) is 0. The average molecular weight is 367 g/mol. The monoisotopic (exact) mass is 366 g/mol. The van der Waals surface area contributed by atoms with E-state index in [0.29, 0.717) is 24.3 Å². The lowest BCUT2D eigenvalue weighted by Gasteiger charge is -2.41. The van der Waals surface area contributed by atoms with E-state index in [1.54, 1.807) is 7.11 Å². The molecule has 1 atom stereocenters. The lowest BCUT2D eigenvalue weighted by Crippen LogP contribution is -2.51. The number of para-hydroxylation sites is 1. The van der Waals surface area contributed by atoms with E-state index in [1.165, 1.54) is 5.69 Å². The van der Waals surface area contributed by atoms with Gasteiger partial charge in [-0.3, -0.25) is 9.69 Å². The van der Waals surface area contributed by atoms with Crippen LogP contribution in [0.4, 0.5) is 5.69 Å². The van der Waals surface area contributed by atoms with Crippen LogP contribution in [0.1, 0.15) is 37.8 Å². The molecule has 1 heterocycles. The number of benzene rings is 1. The van der Waals surface area contributed by atoms with Crippen molar-refractivity contribution in [1.29, 1.82) is 0 Å². The summed E-state index contributed by atoms with van der Waals surface area (Å²) in [5.74, 6) is 0.794. The fourth-order valence-electron chi connectivity index (χ4n) is 3.75. The van der Waals surface area contributed by atoms with Gasteiger partial charge in [-0.2, -0.15) is 0 Å². The van der Waals surface area contributed by atoms with E-state index < -0.39 is 0 Å². The number of hydrogen-bond acceptors (Lipinski definition) is 4. The molecule has 0 radical (unpaired) electrons. The van der Waals surface area contributed by atoms with Crippen molar-refractivity contribution in [2.75, 3.05) is 31.6 Å². The zero-order chi connectivity index (χ0) is 19.4. The second-order valence-electron chi connectivity index (χ2n) is 7.67. The Labute approximate surface area is 162 Å². The summed E-state index contributed by atoms with van der Waals surface area (Å²) in [6.07, 6.45) is 0. The number of rotatable bonds is 5. The highest BCUT2D eigenvalue weighted by Gasteiger charge is 2.24. The highest BCUT2D eigenvalue weighted by atomic mass is 16.5. The first-order valence-corrected chi connectivity index (χ1v) is 9.74. The largest absolute Gasteiger partial charge is 0.493 e. The molecule has 4 nitrogen and oxygen atoms in total. The summed E-state index contributed by atoms with van der Waals surface area (Å²) >= 11 is 0. The second kappa shape index (κ2) is 8.57. The number of hydrogen-bond donors (Lipinski definition) is 0. The molecule has 2 aromatic rings. The van der Waals surface area contributed by atoms with Crippen molar-refractivity contribution in [3.8, 4) is 5.75 Å². The van der Waals surface area contributed by atoms with Gasteiger partial charge in [0.1, 0.15) is 0 Å². The van der Waals surface area contributed by atoms with Gasteiger partial charge >= 0.3 is 0 Å². The quantitative estimate of drug-likeness (QED) is 0.804. The maximum Gasteiger partial charge on any atom is 0.224 e. The van der Waals surface area contributed by atoms with Crippen molar-refractivity contribution >= 4 is 5.69 Å². The lowest BCUT2D eigenvalue weighted by atomic mass is 10.1. The molecule has 1 fully saturated rings. The van der Waals surface area contributed by atoms with Gasteiger partial charge in [0.15, 0.2) is 5.75 Å². The summed E-state index contributed by atoms with van der Waals surface area (Å²) in [5.41, 5.74) is 3.20. The van der Waals surface area contributed by atoms with Crippen LogP contribution in [0.25, 0.3) is 0 Å². The van der Waals surface area contributed by atoms with E-state index >= 15 is 0 Å². The number of methoxy groups -OCH3 is 1. The maximum absolute atomic E-state index is 12.9. The molecule has 2 aromatic carbocycles. The summed E-state index contributed by atoms with van der Waals surface area (Å²) in [4.78, 5) is 17.7. The molecule has 0 aromatic heterocycles. The van der Waals surface area contributed by atoms with E-state index in [0.717, 1.165) is 30.8 Å². The highest BCUT2D eigenvalue weighted by Crippen LogP contribution is 2.22. The number of nitrogens with zero attached hydrogens (tertiary/aromatic N) is 2. The third kappa shape index (κ3) is 4.51. The lowest BCUT2D eigenvalue weighted by molar-refractivity contribution is 0.220. The first-order valence-electron chi connectivity index (χ1n) is 9.74. The van der Waals surface area contributed by atoms with Crippen molar-refractivity contribution in [3.63, 3.8) is 0 Å². The predicted octanol–water partition coefficient (Wildman–Crippen LogP) is 3.89. The molecule has 0 spiro atoms. The van der Waals surface area contributed by atoms with Gasteiger partial charge in [-0.05, 0) is 36.6 Å². The molecule has 27 heavy (non-hydrogen) atoms. The molecule has 1 saturated heterocycles. The zero-order valence-corrected chi connectivity index (χ0v) is 16.8. The molecule has 1 aliphatic heterocycles. The van der Waals surface area contributed by atoms with Crippen molar-refractivity contribution < 1.29 is 4.74 Å². The van der Waals surface area contributed by atoms with Gasteiger partial charge in [-0.25, -0.2) is 0 Å². The van der Waals surface area contributed by atoms with Crippen molar-refractivity contribution in [2.24, 2.45) is 0 Å². The minimum absolute atomic E-state index is 0.00235. The van der Waals surface area contributed by atoms with Gasteiger partial charge in [0.2, 0.25) is 5.43 Å². The molecular formula is C23H30N2O2. The molecule has 0 amide bonds. The minimum Gasteiger partial charge on any atom is -0.493 e. The van der Waals surface area contributed by atoms with Gasteiger partial charge in [0.05, 0.1) is 7.11 Å². The van der Waals surface area contributed by atoms with Gasteiger partial charge in [-0.15, -0.1) is 0 Å². The van der Waals surface area contributed by atoms with Crippen LogP contribution in [0.2, 0.25) is 0 Å². The van der Waals surface area contributed by atoms with Crippen molar-refractivity contribution in [1.82, 2.24) is 4.90 Å². The highest BCUT2D eigenvalue weighted by molar-refractivity contribution is 5.47. The Hall–Kier alpha value is -2.33. The topological polar surface area (TPSA) is 32.8 Å². The van der Waals surface area contributed by atoms with E-state index in [9.17, 15) is 4.79 Å². The summed E-state index contributed by atoms with van der Waals surface area (Å²) < 4.78 is 5.38. The van der Waals surface area contributed by atoms with Gasteiger partial charge < -0.3 is 9.64 Å². The molecule has 1 unspecified atom stereocenters. The smallest absolute Gasteiger partial charge is 0.224 e. The fraction of sp³-hybridized carbons (Fsp3) is 0.435. The van der Waals surface area contributed by atoms with Gasteiger partial charge in [0, 0.05) is 43.5 Å². The van der Waals surface area contributed by atoms with Crippen LogP contribution >= 0.6 is 0 Å². The van der Waals surface area contributed by atoms with Crippen LogP contribution in [0.15, 0.2) is 53.3 Å². The zero-order valence-electron chi connectivity index (χ0n) is 16.8. The number of ether oxygens (including phenoxy) is 1. The Morgan fingerprint density at radius 2 is 1.85 bits per heavy atom. The second-order valence-corrected chi connectivity index (χ2v) is 7.67. The van der Waals surface area contributed by atoms with E-state index in [1.807, 2.05) is 12.1 Å². The first-order chi connectivity index (χ1) is 13.0. The van der Waals surface area contributed by atoms with Crippen molar-refractivity contribution in [3.05, 3.63) is 69.9 Å². The molecule has 3 rings (SSSR count). The van der Waals surface area contributed by atoms with Gasteiger partial charge in [0.25, 0.3) is 0 Å². The molecule has 144 valence electrons. The standard InChI is InChI=1S/C23H30N2O2/c1-17(2)19-10-11-20(23(26)22(14-19)27-4)16-24-12-13-25(18(3)15-24)21-8-6-5-7-9-21/h5-11,14,17-18H,12-13,15-16H2,1-4H3. The van der Waals surface area contributed by atoms with Crippen LogP contribution in [-0.4, -0.2) is 37.7 Å². The van der Waals surface area contributed by atoms with E-state index in [-0.39, 0.29) is 5.43 Å². The molecule has 0 N–H and O–H groups in total. The Morgan fingerprint density at radius 3 is 2.48 bits per heavy atom. The SMILES string of the molecule is COc1cc(C(C)C)ccc(CN2CCN(c3ccccc3)C(C)C2)c1=O. The maximum atomic E-state index is 12.9.